The molecule has 0 spiro atoms. The van der Waals surface area contributed by atoms with E-state index >= 15 is 0 Å². The van der Waals surface area contributed by atoms with Crippen LogP contribution < -0.4 is 5.32 Å². The van der Waals surface area contributed by atoms with Crippen molar-refractivity contribution in [1.29, 1.82) is 0 Å². The minimum Gasteiger partial charge on any atom is -0.316 e. The Morgan fingerprint density at radius 1 is 1.19 bits per heavy atom. The highest BCUT2D eigenvalue weighted by Crippen LogP contribution is 2.40. The van der Waals surface area contributed by atoms with Gasteiger partial charge in [0.05, 0.1) is 0 Å². The molecule has 2 heteroatoms. The van der Waals surface area contributed by atoms with Gasteiger partial charge in [-0.15, -0.1) is 0 Å². The van der Waals surface area contributed by atoms with Crippen molar-refractivity contribution in [3.8, 4) is 0 Å². The van der Waals surface area contributed by atoms with E-state index in [9.17, 15) is 0 Å². The summed E-state index contributed by atoms with van der Waals surface area (Å²) in [7, 11) is 0. The molecule has 1 N–H and O–H groups in total. The van der Waals surface area contributed by atoms with Crippen LogP contribution in [0.4, 0.5) is 0 Å². The van der Waals surface area contributed by atoms with E-state index in [1.165, 1.54) is 58.2 Å². The van der Waals surface area contributed by atoms with Gasteiger partial charge in [0.15, 0.2) is 0 Å². The summed E-state index contributed by atoms with van der Waals surface area (Å²) in [6, 6.07) is 0.934. The lowest BCUT2D eigenvalue weighted by molar-refractivity contribution is 0.148. The fourth-order valence-electron chi connectivity index (χ4n) is 3.28. The third kappa shape index (κ3) is 2.98. The number of nitrogens with zero attached hydrogens (tertiary/aromatic N) is 1. The Kier molecular flexibility index (Phi) is 4.26. The first-order valence-corrected chi connectivity index (χ1v) is 7.24. The minimum absolute atomic E-state index is 0.606. The number of hydrogen-bond acceptors (Lipinski definition) is 2. The van der Waals surface area contributed by atoms with Crippen LogP contribution >= 0.6 is 0 Å². The second kappa shape index (κ2) is 5.50. The molecule has 2 nitrogen and oxygen atoms in total. The van der Waals surface area contributed by atoms with E-state index in [1.807, 2.05) is 0 Å². The van der Waals surface area contributed by atoms with Crippen LogP contribution in [0.1, 0.15) is 52.4 Å². The molecule has 0 heterocycles. The van der Waals surface area contributed by atoms with Gasteiger partial charge in [-0.1, -0.05) is 26.7 Å². The number of nitrogens with one attached hydrogen (secondary N) is 1. The van der Waals surface area contributed by atoms with Crippen molar-refractivity contribution in [2.75, 3.05) is 26.2 Å². The van der Waals surface area contributed by atoms with E-state index in [1.54, 1.807) is 0 Å². The largest absolute Gasteiger partial charge is 0.316 e. The molecule has 94 valence electrons. The summed E-state index contributed by atoms with van der Waals surface area (Å²) in [5.41, 5.74) is 0.606. The molecule has 2 aliphatic carbocycles. The monoisotopic (exact) mass is 224 g/mol. The lowest BCUT2D eigenvalue weighted by Gasteiger charge is -2.35. The topological polar surface area (TPSA) is 15.3 Å². The molecule has 0 aromatic rings. The molecular weight excluding hydrogens is 196 g/mol. The van der Waals surface area contributed by atoms with E-state index in [0.29, 0.717) is 5.41 Å². The van der Waals surface area contributed by atoms with Crippen molar-refractivity contribution in [1.82, 2.24) is 10.2 Å². The molecule has 0 bridgehead atoms. The van der Waals surface area contributed by atoms with Crippen molar-refractivity contribution in [2.45, 2.75) is 58.4 Å². The molecule has 0 aromatic carbocycles. The predicted molar refractivity (Wildman–Crippen MR) is 69.7 cm³/mol. The predicted octanol–water partition coefficient (Wildman–Crippen LogP) is 2.64. The van der Waals surface area contributed by atoms with Gasteiger partial charge < -0.3 is 10.2 Å². The highest BCUT2D eigenvalue weighted by molar-refractivity contribution is 4.93. The zero-order valence-corrected chi connectivity index (χ0v) is 11.1. The molecule has 0 saturated heterocycles. The van der Waals surface area contributed by atoms with Crippen molar-refractivity contribution in [3.63, 3.8) is 0 Å². The molecule has 0 atom stereocenters. The second-order valence-corrected chi connectivity index (χ2v) is 5.78. The first-order valence-electron chi connectivity index (χ1n) is 7.24. The lowest BCUT2D eigenvalue weighted by atomic mass is 9.85. The normalized spacial score (nSPS) is 24.2. The summed E-state index contributed by atoms with van der Waals surface area (Å²) in [5.74, 6) is 0. The Morgan fingerprint density at radius 2 is 1.88 bits per heavy atom. The fourth-order valence-corrected chi connectivity index (χ4v) is 3.28. The van der Waals surface area contributed by atoms with Gasteiger partial charge in [0.2, 0.25) is 0 Å². The van der Waals surface area contributed by atoms with Crippen LogP contribution in [0.2, 0.25) is 0 Å². The van der Waals surface area contributed by atoms with Gasteiger partial charge in [0.25, 0.3) is 0 Å². The highest BCUT2D eigenvalue weighted by atomic mass is 15.2. The summed E-state index contributed by atoms with van der Waals surface area (Å²) >= 11 is 0. The maximum Gasteiger partial charge on any atom is 0.00965 e. The zero-order chi connectivity index (χ0) is 11.4. The van der Waals surface area contributed by atoms with E-state index < -0.39 is 0 Å². The van der Waals surface area contributed by atoms with Crippen molar-refractivity contribution in [2.24, 2.45) is 5.41 Å². The molecule has 2 fully saturated rings. The summed E-state index contributed by atoms with van der Waals surface area (Å²) in [4.78, 5) is 2.74. The standard InChI is InChI=1S/C14H28N2/c1-3-15-11-14(9-5-6-10-14)12-16(4-2)13-7-8-13/h13,15H,3-12H2,1-2H3. The van der Waals surface area contributed by atoms with Gasteiger partial charge >= 0.3 is 0 Å². The van der Waals surface area contributed by atoms with Crippen LogP contribution in [-0.2, 0) is 0 Å². The molecule has 2 rings (SSSR count). The van der Waals surface area contributed by atoms with Gasteiger partial charge in [0, 0.05) is 19.1 Å². The van der Waals surface area contributed by atoms with Crippen LogP contribution in [0.15, 0.2) is 0 Å². The molecule has 0 radical (unpaired) electrons. The Bertz CT molecular complexity index is 205. The summed E-state index contributed by atoms with van der Waals surface area (Å²) < 4.78 is 0. The molecule has 2 saturated carbocycles. The van der Waals surface area contributed by atoms with E-state index in [0.717, 1.165) is 12.6 Å². The molecule has 0 aromatic heterocycles. The van der Waals surface area contributed by atoms with Gasteiger partial charge in [-0.3, -0.25) is 0 Å². The minimum atomic E-state index is 0.606. The maximum atomic E-state index is 3.59. The first kappa shape index (κ1) is 12.4. The molecule has 16 heavy (non-hydrogen) atoms. The van der Waals surface area contributed by atoms with E-state index in [4.69, 9.17) is 0 Å². The Hall–Kier alpha value is -0.0800. The third-order valence-electron chi connectivity index (χ3n) is 4.42. The van der Waals surface area contributed by atoms with Crippen LogP contribution in [-0.4, -0.2) is 37.1 Å². The van der Waals surface area contributed by atoms with Crippen LogP contribution in [0.3, 0.4) is 0 Å². The fraction of sp³-hybridized carbons (Fsp3) is 1.00. The maximum absolute atomic E-state index is 3.59. The summed E-state index contributed by atoms with van der Waals surface area (Å²) in [5, 5.41) is 3.59. The molecule has 0 amide bonds. The summed E-state index contributed by atoms with van der Waals surface area (Å²) in [6.45, 7) is 9.51. The van der Waals surface area contributed by atoms with Crippen molar-refractivity contribution >= 4 is 0 Å². The average molecular weight is 224 g/mol. The van der Waals surface area contributed by atoms with E-state index in [2.05, 4.69) is 24.1 Å². The molecule has 0 unspecified atom stereocenters. The van der Waals surface area contributed by atoms with Gasteiger partial charge in [-0.25, -0.2) is 0 Å². The van der Waals surface area contributed by atoms with Gasteiger partial charge in [-0.2, -0.15) is 0 Å². The molecule has 2 aliphatic rings. The number of hydrogen-bond donors (Lipinski definition) is 1. The van der Waals surface area contributed by atoms with Crippen LogP contribution in [0.25, 0.3) is 0 Å². The quantitative estimate of drug-likeness (QED) is 0.715. The van der Waals surface area contributed by atoms with Crippen molar-refractivity contribution < 1.29 is 0 Å². The first-order chi connectivity index (χ1) is 7.79. The Morgan fingerprint density at radius 3 is 2.38 bits per heavy atom. The number of rotatable bonds is 7. The van der Waals surface area contributed by atoms with E-state index in [-0.39, 0.29) is 0 Å². The van der Waals surface area contributed by atoms with Crippen molar-refractivity contribution in [3.05, 3.63) is 0 Å². The average Bonchev–Trinajstić information content (AvgIpc) is 3.05. The highest BCUT2D eigenvalue weighted by Gasteiger charge is 2.38. The van der Waals surface area contributed by atoms with Crippen LogP contribution in [0.5, 0.6) is 0 Å². The summed E-state index contributed by atoms with van der Waals surface area (Å²) in [6.07, 6.45) is 8.70. The smallest absolute Gasteiger partial charge is 0.00965 e. The third-order valence-corrected chi connectivity index (χ3v) is 4.42. The SMILES string of the molecule is CCNCC1(CN(CC)C2CC2)CCCC1. The molecular formula is C14H28N2. The Labute approximate surface area is 101 Å². The second-order valence-electron chi connectivity index (χ2n) is 5.78. The van der Waals surface area contributed by atoms with Gasteiger partial charge in [0.1, 0.15) is 0 Å². The van der Waals surface area contributed by atoms with Crippen LogP contribution in [0, 0.1) is 5.41 Å². The molecule has 0 aliphatic heterocycles. The zero-order valence-electron chi connectivity index (χ0n) is 11.1. The Balaban J connectivity index is 1.89. The lowest BCUT2D eigenvalue weighted by Crippen LogP contribution is -2.43. The van der Waals surface area contributed by atoms with Gasteiger partial charge in [-0.05, 0) is 44.2 Å².